The number of nitrogens with zero attached hydrogens (tertiary/aromatic N) is 4. The summed E-state index contributed by atoms with van der Waals surface area (Å²) in [7, 11) is 0. The molecule has 1 aliphatic carbocycles. The zero-order valence-corrected chi connectivity index (χ0v) is 19.9. The van der Waals surface area contributed by atoms with Gasteiger partial charge in [0.2, 0.25) is 0 Å². The maximum atomic E-state index is 14.2. The highest BCUT2D eigenvalue weighted by atomic mass is 19.1. The molecule has 0 radical (unpaired) electrons. The lowest BCUT2D eigenvalue weighted by Gasteiger charge is -2.24. The average molecular weight is 480 g/mol. The molecule has 8 nitrogen and oxygen atoms in total. The maximum absolute atomic E-state index is 14.2. The van der Waals surface area contributed by atoms with Crippen LogP contribution in [0.4, 0.5) is 4.39 Å². The molecule has 2 N–H and O–H groups in total. The van der Waals surface area contributed by atoms with E-state index in [0.717, 1.165) is 18.5 Å². The van der Waals surface area contributed by atoms with Gasteiger partial charge in [-0.25, -0.2) is 19.3 Å². The zero-order valence-electron chi connectivity index (χ0n) is 19.9. The Morgan fingerprint density at radius 2 is 1.89 bits per heavy atom. The van der Waals surface area contributed by atoms with E-state index in [1.54, 1.807) is 36.9 Å². The number of fused-ring (bicyclic) bond motifs is 2. The van der Waals surface area contributed by atoms with Gasteiger partial charge in [-0.15, -0.1) is 0 Å². The molecule has 1 saturated carbocycles. The van der Waals surface area contributed by atoms with Gasteiger partial charge in [0.05, 0.1) is 18.1 Å². The smallest absolute Gasteiger partial charge is 0.166 e. The topological polar surface area (TPSA) is 97.3 Å². The third-order valence-corrected chi connectivity index (χ3v) is 7.32. The normalized spacial score (nSPS) is 29.4. The van der Waals surface area contributed by atoms with E-state index in [-0.39, 0.29) is 24.1 Å². The number of nitrogens with two attached hydrogens (primary N) is 1. The summed E-state index contributed by atoms with van der Waals surface area (Å²) < 4.78 is 34.9. The number of rotatable bonds is 5. The minimum Gasteiger partial charge on any atom is -0.345 e. The fourth-order valence-corrected chi connectivity index (χ4v) is 5.64. The molecule has 9 heteroatoms. The first-order valence-corrected chi connectivity index (χ1v) is 12.3. The molecule has 6 rings (SSSR count). The number of halogens is 1. The van der Waals surface area contributed by atoms with Gasteiger partial charge in [0, 0.05) is 5.56 Å². The van der Waals surface area contributed by atoms with Crippen LogP contribution in [-0.4, -0.2) is 43.6 Å². The predicted octanol–water partition coefficient (Wildman–Crippen LogP) is 4.29. The predicted molar refractivity (Wildman–Crippen MR) is 127 cm³/mol. The third-order valence-electron chi connectivity index (χ3n) is 7.32. The molecule has 5 atom stereocenters. The standard InChI is InChI=1S/C26H30FN5O3/c1-26(2)34-22-18(12-11-15-7-5-6-10-17(15)27)33-25(23(22)35-26)32-14-31-21-20(29-13-30-24(21)32)19(28)16-8-3-4-9-16/h5-7,10-14,16,18-19,22-23,25H,3-4,8-9,28H2,1-2H3. The molecule has 1 aromatic carbocycles. The highest BCUT2D eigenvalue weighted by molar-refractivity contribution is 5.73. The highest BCUT2D eigenvalue weighted by Gasteiger charge is 2.55. The summed E-state index contributed by atoms with van der Waals surface area (Å²) in [6.07, 6.45) is 9.72. The van der Waals surface area contributed by atoms with Gasteiger partial charge in [0.25, 0.3) is 0 Å². The van der Waals surface area contributed by atoms with Crippen LogP contribution in [-0.2, 0) is 14.2 Å². The van der Waals surface area contributed by atoms with Gasteiger partial charge in [0.1, 0.15) is 36.0 Å². The molecule has 2 aromatic heterocycles. The molecule has 0 bridgehead atoms. The summed E-state index contributed by atoms with van der Waals surface area (Å²) >= 11 is 0. The van der Waals surface area contributed by atoms with Gasteiger partial charge >= 0.3 is 0 Å². The molecule has 3 fully saturated rings. The van der Waals surface area contributed by atoms with Crippen LogP contribution in [0.3, 0.4) is 0 Å². The molecule has 3 aromatic rings. The van der Waals surface area contributed by atoms with Crippen LogP contribution in [0.25, 0.3) is 17.2 Å². The largest absolute Gasteiger partial charge is 0.345 e. The van der Waals surface area contributed by atoms with Crippen molar-refractivity contribution in [3.8, 4) is 0 Å². The van der Waals surface area contributed by atoms with E-state index in [0.29, 0.717) is 22.6 Å². The van der Waals surface area contributed by atoms with Crippen molar-refractivity contribution in [1.82, 2.24) is 19.5 Å². The Morgan fingerprint density at radius 3 is 2.69 bits per heavy atom. The van der Waals surface area contributed by atoms with Crippen molar-refractivity contribution in [2.75, 3.05) is 0 Å². The molecule has 2 saturated heterocycles. The quantitative estimate of drug-likeness (QED) is 0.583. The second kappa shape index (κ2) is 8.74. The molecule has 4 heterocycles. The Hall–Kier alpha value is -2.72. The van der Waals surface area contributed by atoms with Crippen LogP contribution in [0.1, 0.15) is 63.1 Å². The van der Waals surface area contributed by atoms with Crippen LogP contribution >= 0.6 is 0 Å². The molecular formula is C26H30FN5O3. The number of aromatic nitrogens is 4. The Morgan fingerprint density at radius 1 is 1.11 bits per heavy atom. The molecule has 184 valence electrons. The van der Waals surface area contributed by atoms with E-state index in [2.05, 4.69) is 15.0 Å². The van der Waals surface area contributed by atoms with E-state index in [1.165, 1.54) is 18.9 Å². The van der Waals surface area contributed by atoms with E-state index < -0.39 is 18.1 Å². The van der Waals surface area contributed by atoms with Gasteiger partial charge in [0.15, 0.2) is 17.7 Å². The van der Waals surface area contributed by atoms with Crippen molar-refractivity contribution in [2.24, 2.45) is 11.7 Å². The monoisotopic (exact) mass is 479 g/mol. The molecule has 0 spiro atoms. The summed E-state index contributed by atoms with van der Waals surface area (Å²) in [4.78, 5) is 13.7. The lowest BCUT2D eigenvalue weighted by Crippen LogP contribution is -2.28. The summed E-state index contributed by atoms with van der Waals surface area (Å²) in [5.74, 6) is -0.657. The first kappa shape index (κ1) is 22.7. The number of hydrogen-bond acceptors (Lipinski definition) is 7. The van der Waals surface area contributed by atoms with Crippen LogP contribution in [0, 0.1) is 11.7 Å². The zero-order chi connectivity index (χ0) is 24.2. The van der Waals surface area contributed by atoms with Gasteiger partial charge in [-0.3, -0.25) is 4.57 Å². The first-order chi connectivity index (χ1) is 16.9. The Balaban J connectivity index is 1.33. The maximum Gasteiger partial charge on any atom is 0.166 e. The van der Waals surface area contributed by atoms with Crippen molar-refractivity contribution in [3.63, 3.8) is 0 Å². The third kappa shape index (κ3) is 4.06. The second-order valence-electron chi connectivity index (χ2n) is 10.1. The first-order valence-electron chi connectivity index (χ1n) is 12.3. The number of hydrogen-bond donors (Lipinski definition) is 1. The Kier molecular flexibility index (Phi) is 5.68. The SMILES string of the molecule is CC1(C)OC2C(C=Cc3ccccc3F)OC(n3cnc4c(C(N)C5CCCC5)ncnc43)C2O1. The van der Waals surface area contributed by atoms with Gasteiger partial charge < -0.3 is 19.9 Å². The van der Waals surface area contributed by atoms with Crippen molar-refractivity contribution in [3.05, 3.63) is 60.1 Å². The fourth-order valence-electron chi connectivity index (χ4n) is 5.64. The van der Waals surface area contributed by atoms with Crippen molar-refractivity contribution >= 4 is 17.2 Å². The van der Waals surface area contributed by atoms with Gasteiger partial charge in [-0.2, -0.15) is 0 Å². The Labute approximate surface area is 203 Å². The summed E-state index contributed by atoms with van der Waals surface area (Å²) in [6.45, 7) is 3.76. The molecule has 35 heavy (non-hydrogen) atoms. The van der Waals surface area contributed by atoms with Crippen LogP contribution < -0.4 is 5.73 Å². The van der Waals surface area contributed by atoms with E-state index in [4.69, 9.17) is 19.9 Å². The fraction of sp³-hybridized carbons (Fsp3) is 0.500. The molecule has 2 aliphatic heterocycles. The van der Waals surface area contributed by atoms with Crippen LogP contribution in [0.2, 0.25) is 0 Å². The minimum atomic E-state index is -0.775. The van der Waals surface area contributed by atoms with Gasteiger partial charge in [-0.1, -0.05) is 43.2 Å². The van der Waals surface area contributed by atoms with E-state index in [1.807, 2.05) is 24.5 Å². The van der Waals surface area contributed by atoms with E-state index >= 15 is 0 Å². The van der Waals surface area contributed by atoms with Crippen LogP contribution in [0.15, 0.2) is 43.0 Å². The second-order valence-corrected chi connectivity index (χ2v) is 10.1. The summed E-state index contributed by atoms with van der Waals surface area (Å²) in [5, 5.41) is 0. The molecule has 0 amide bonds. The average Bonchev–Trinajstić information content (AvgIpc) is 3.62. The molecule has 5 unspecified atom stereocenters. The lowest BCUT2D eigenvalue weighted by atomic mass is 9.95. The number of ether oxygens (including phenoxy) is 3. The van der Waals surface area contributed by atoms with Crippen LogP contribution in [0.5, 0.6) is 0 Å². The number of imidazole rings is 1. The lowest BCUT2D eigenvalue weighted by molar-refractivity contribution is -0.191. The van der Waals surface area contributed by atoms with E-state index in [9.17, 15) is 4.39 Å². The molecule has 3 aliphatic rings. The highest BCUT2D eigenvalue weighted by Crippen LogP contribution is 2.44. The minimum absolute atomic E-state index is 0.176. The van der Waals surface area contributed by atoms with Crippen molar-refractivity contribution in [1.29, 1.82) is 0 Å². The van der Waals surface area contributed by atoms with Crippen molar-refractivity contribution < 1.29 is 18.6 Å². The number of benzene rings is 1. The summed E-state index contributed by atoms with van der Waals surface area (Å²) in [6, 6.07) is 6.45. The van der Waals surface area contributed by atoms with Crippen molar-refractivity contribution in [2.45, 2.75) is 75.9 Å². The summed E-state index contributed by atoms with van der Waals surface area (Å²) in [5.41, 5.74) is 9.23. The molecular weight excluding hydrogens is 449 g/mol. The van der Waals surface area contributed by atoms with Gasteiger partial charge in [-0.05, 0) is 38.7 Å². The Bertz CT molecular complexity index is 1250.